The van der Waals surface area contributed by atoms with Crippen molar-refractivity contribution in [3.05, 3.63) is 0 Å². The summed E-state index contributed by atoms with van der Waals surface area (Å²) in [5, 5.41) is 3.43. The maximum Gasteiger partial charge on any atom is 0.267 e. The largest absolute Gasteiger partial charge is 0.373 e. The molecule has 2 saturated carbocycles. The van der Waals surface area contributed by atoms with Gasteiger partial charge in [-0.15, -0.1) is 0 Å². The molecule has 0 amide bonds. The molecule has 0 aromatic rings. The molecule has 0 aromatic heterocycles. The van der Waals surface area contributed by atoms with Crippen molar-refractivity contribution >= 4 is 10.1 Å². The molecule has 6 heteroatoms. The van der Waals surface area contributed by atoms with Crippen LogP contribution in [0.25, 0.3) is 0 Å². The molecule has 2 aliphatic rings. The van der Waals surface area contributed by atoms with Gasteiger partial charge in [-0.25, -0.2) is 0 Å². The quantitative estimate of drug-likeness (QED) is 0.705. The number of nitrogens with one attached hydrogen (secondary N) is 1. The molecule has 0 aliphatic heterocycles. The van der Waals surface area contributed by atoms with E-state index in [1.165, 1.54) is 25.7 Å². The van der Waals surface area contributed by atoms with Crippen LogP contribution in [0.1, 0.15) is 64.2 Å². The molecule has 21 heavy (non-hydrogen) atoms. The van der Waals surface area contributed by atoms with E-state index in [-0.39, 0.29) is 11.9 Å². The highest BCUT2D eigenvalue weighted by atomic mass is 32.2. The van der Waals surface area contributed by atoms with Gasteiger partial charge in [-0.2, -0.15) is 8.42 Å². The van der Waals surface area contributed by atoms with Crippen LogP contribution in [0.3, 0.4) is 0 Å². The zero-order valence-corrected chi connectivity index (χ0v) is 13.6. The van der Waals surface area contributed by atoms with Crippen LogP contribution in [0.15, 0.2) is 0 Å². The van der Waals surface area contributed by atoms with Crippen LogP contribution in [0, 0.1) is 0 Å². The van der Waals surface area contributed by atoms with E-state index in [0.717, 1.165) is 38.5 Å². The van der Waals surface area contributed by atoms with Gasteiger partial charge in [0.15, 0.2) is 0 Å². The van der Waals surface area contributed by atoms with Crippen LogP contribution in [-0.4, -0.2) is 43.5 Å². The van der Waals surface area contributed by atoms with E-state index in [9.17, 15) is 8.42 Å². The highest BCUT2D eigenvalue weighted by Crippen LogP contribution is 2.22. The van der Waals surface area contributed by atoms with Gasteiger partial charge in [0.25, 0.3) is 10.1 Å². The van der Waals surface area contributed by atoms with E-state index >= 15 is 0 Å². The van der Waals surface area contributed by atoms with Crippen molar-refractivity contribution in [3.63, 3.8) is 0 Å². The molecule has 2 aliphatic carbocycles. The third-order valence-corrected chi connectivity index (χ3v) is 5.37. The summed E-state index contributed by atoms with van der Waals surface area (Å²) < 4.78 is 37.4. The molecule has 2 rings (SSSR count). The molecular formula is C15H29NO4S. The second-order valence-corrected chi connectivity index (χ2v) is 8.01. The summed E-state index contributed by atoms with van der Waals surface area (Å²) in [5.74, 6) is -0.302. The topological polar surface area (TPSA) is 75.6 Å². The highest BCUT2D eigenvalue weighted by molar-refractivity contribution is 7.85. The third-order valence-electron chi connectivity index (χ3n) is 4.57. The van der Waals surface area contributed by atoms with Crippen molar-refractivity contribution in [2.45, 2.75) is 82.5 Å². The Bertz CT molecular complexity index is 386. The Kier molecular flexibility index (Phi) is 6.92. The van der Waals surface area contributed by atoms with Gasteiger partial charge in [0, 0.05) is 12.6 Å². The third kappa shape index (κ3) is 7.08. The van der Waals surface area contributed by atoms with E-state index in [0.29, 0.717) is 12.6 Å². The Labute approximate surface area is 128 Å². The second kappa shape index (κ2) is 8.46. The minimum absolute atomic E-state index is 0.152. The summed E-state index contributed by atoms with van der Waals surface area (Å²) in [5.41, 5.74) is 0. The van der Waals surface area contributed by atoms with Crippen LogP contribution in [-0.2, 0) is 14.9 Å². The number of hydrogen-bond donors (Lipinski definition) is 2. The smallest absolute Gasteiger partial charge is 0.267 e. The second-order valence-electron chi connectivity index (χ2n) is 6.51. The van der Waals surface area contributed by atoms with Crippen molar-refractivity contribution < 1.29 is 17.7 Å². The van der Waals surface area contributed by atoms with Crippen LogP contribution in [0.2, 0.25) is 0 Å². The predicted octanol–water partition coefficient (Wildman–Crippen LogP) is 2.51. The predicted molar refractivity (Wildman–Crippen MR) is 83.0 cm³/mol. The Balaban J connectivity index is 1.81. The maximum atomic E-state index is 11.2. The van der Waals surface area contributed by atoms with E-state index in [1.54, 1.807) is 0 Å². The summed E-state index contributed by atoms with van der Waals surface area (Å²) in [6.07, 6.45) is 11.4. The minimum Gasteiger partial charge on any atom is -0.373 e. The van der Waals surface area contributed by atoms with E-state index in [1.807, 2.05) is 0 Å². The Morgan fingerprint density at radius 2 is 1.57 bits per heavy atom. The first-order chi connectivity index (χ1) is 10.0. The Morgan fingerprint density at radius 1 is 1.00 bits per heavy atom. The molecular weight excluding hydrogens is 290 g/mol. The van der Waals surface area contributed by atoms with Crippen LogP contribution < -0.4 is 5.32 Å². The minimum atomic E-state index is -3.99. The molecule has 2 N–H and O–H groups in total. The van der Waals surface area contributed by atoms with Crippen molar-refractivity contribution in [2.75, 3.05) is 12.3 Å². The lowest BCUT2D eigenvalue weighted by atomic mass is 9.95. The summed E-state index contributed by atoms with van der Waals surface area (Å²) in [7, 11) is -3.99. The summed E-state index contributed by atoms with van der Waals surface area (Å²) in [6, 6.07) is 0.470. The maximum absolute atomic E-state index is 11.2. The van der Waals surface area contributed by atoms with Gasteiger partial charge in [-0.1, -0.05) is 38.5 Å². The lowest BCUT2D eigenvalue weighted by molar-refractivity contribution is -0.0201. The Morgan fingerprint density at radius 3 is 2.14 bits per heavy atom. The van der Waals surface area contributed by atoms with E-state index in [4.69, 9.17) is 9.29 Å². The zero-order chi connectivity index (χ0) is 15.1. The molecule has 5 nitrogen and oxygen atoms in total. The highest BCUT2D eigenvalue weighted by Gasteiger charge is 2.24. The van der Waals surface area contributed by atoms with Gasteiger partial charge >= 0.3 is 0 Å². The monoisotopic (exact) mass is 319 g/mol. The van der Waals surface area contributed by atoms with Gasteiger partial charge in [0.1, 0.15) is 5.75 Å². The fourth-order valence-corrected chi connectivity index (χ4v) is 4.13. The average molecular weight is 319 g/mol. The van der Waals surface area contributed by atoms with Gasteiger partial charge in [-0.3, -0.25) is 4.55 Å². The van der Waals surface area contributed by atoms with Crippen LogP contribution in [0.4, 0.5) is 0 Å². The van der Waals surface area contributed by atoms with Crippen LogP contribution in [0.5, 0.6) is 0 Å². The first kappa shape index (κ1) is 17.2. The molecule has 2 fully saturated rings. The van der Waals surface area contributed by atoms with E-state index < -0.39 is 16.2 Å². The zero-order valence-electron chi connectivity index (χ0n) is 12.8. The fourth-order valence-electron chi connectivity index (χ4n) is 3.46. The van der Waals surface area contributed by atoms with Crippen molar-refractivity contribution in [1.29, 1.82) is 0 Å². The SMILES string of the molecule is O=S(=O)(O)CC(CNC1CCCCC1)OC1CCCCC1. The molecule has 0 aromatic carbocycles. The molecule has 124 valence electrons. The van der Waals surface area contributed by atoms with Gasteiger partial charge in [0.05, 0.1) is 12.2 Å². The normalized spacial score (nSPS) is 24.0. The molecule has 0 radical (unpaired) electrons. The summed E-state index contributed by atoms with van der Waals surface area (Å²) in [6.45, 7) is 0.515. The van der Waals surface area contributed by atoms with Crippen molar-refractivity contribution in [3.8, 4) is 0 Å². The van der Waals surface area contributed by atoms with Crippen LogP contribution >= 0.6 is 0 Å². The standard InChI is InChI=1S/C15H29NO4S/c17-21(18,19)12-15(20-14-9-5-2-6-10-14)11-16-13-7-3-1-4-8-13/h13-16H,1-12H2,(H,17,18,19). The van der Waals surface area contributed by atoms with E-state index in [2.05, 4.69) is 5.32 Å². The molecule has 1 atom stereocenters. The molecule has 0 heterocycles. The molecule has 1 unspecified atom stereocenters. The Hall–Kier alpha value is -0.170. The summed E-state index contributed by atoms with van der Waals surface area (Å²) in [4.78, 5) is 0. The number of hydrogen-bond acceptors (Lipinski definition) is 4. The lowest BCUT2D eigenvalue weighted by Crippen LogP contribution is -2.42. The molecule has 0 saturated heterocycles. The number of ether oxygens (including phenoxy) is 1. The van der Waals surface area contributed by atoms with Crippen molar-refractivity contribution in [1.82, 2.24) is 5.32 Å². The average Bonchev–Trinajstić information content (AvgIpc) is 2.45. The summed E-state index contributed by atoms with van der Waals surface area (Å²) >= 11 is 0. The molecule has 0 spiro atoms. The molecule has 0 bridgehead atoms. The van der Waals surface area contributed by atoms with Gasteiger partial charge in [0.2, 0.25) is 0 Å². The first-order valence-electron chi connectivity index (χ1n) is 8.37. The van der Waals surface area contributed by atoms with Crippen molar-refractivity contribution in [2.24, 2.45) is 0 Å². The van der Waals surface area contributed by atoms with Gasteiger partial charge < -0.3 is 10.1 Å². The fraction of sp³-hybridized carbons (Fsp3) is 1.00. The first-order valence-corrected chi connectivity index (χ1v) is 9.98. The number of rotatable bonds is 7. The van der Waals surface area contributed by atoms with Gasteiger partial charge in [-0.05, 0) is 25.7 Å². The lowest BCUT2D eigenvalue weighted by Gasteiger charge is -2.29.